The largest absolute Gasteiger partial charge is 0.481 e. The molecule has 0 fully saturated rings. The van der Waals surface area contributed by atoms with Crippen molar-refractivity contribution >= 4 is 28.9 Å². The Morgan fingerprint density at radius 2 is 2.20 bits per heavy atom. The van der Waals surface area contributed by atoms with E-state index in [-0.39, 0.29) is 5.75 Å². The van der Waals surface area contributed by atoms with E-state index in [0.29, 0.717) is 5.92 Å². The van der Waals surface area contributed by atoms with Gasteiger partial charge in [-0.2, -0.15) is 5.10 Å². The quantitative estimate of drug-likeness (QED) is 0.828. The van der Waals surface area contributed by atoms with Crippen LogP contribution in [0.25, 0.3) is 11.2 Å². The van der Waals surface area contributed by atoms with Gasteiger partial charge >= 0.3 is 5.97 Å². The fourth-order valence-electron chi connectivity index (χ4n) is 2.16. The lowest BCUT2D eigenvalue weighted by Crippen LogP contribution is -2.11. The number of carbonyl (C=O) groups is 1. The number of carboxylic acid groups (broad SMARTS) is 1. The van der Waals surface area contributed by atoms with Gasteiger partial charge in [-0.1, -0.05) is 32.0 Å². The minimum Gasteiger partial charge on any atom is -0.481 e. The number of nitrogens with zero attached hydrogens (tertiary/aromatic N) is 4. The number of hydrogen-bond donors (Lipinski definition) is 1. The van der Waals surface area contributed by atoms with Crippen molar-refractivity contribution in [2.75, 3.05) is 5.75 Å². The van der Waals surface area contributed by atoms with E-state index in [1.54, 1.807) is 0 Å². The molecule has 2 heterocycles. The summed E-state index contributed by atoms with van der Waals surface area (Å²) in [4.78, 5) is 15.3. The Bertz CT molecular complexity index is 632. The summed E-state index contributed by atoms with van der Waals surface area (Å²) in [5, 5.41) is 14.0. The van der Waals surface area contributed by atoms with Crippen LogP contribution in [0.2, 0.25) is 0 Å². The van der Waals surface area contributed by atoms with Gasteiger partial charge in [0.25, 0.3) is 0 Å². The molecule has 0 aromatic carbocycles. The van der Waals surface area contributed by atoms with Gasteiger partial charge in [-0.05, 0) is 12.8 Å². The summed E-state index contributed by atoms with van der Waals surface area (Å²) in [7, 11) is 1.90. The van der Waals surface area contributed by atoms with Crippen LogP contribution in [-0.4, -0.2) is 36.2 Å². The van der Waals surface area contributed by atoms with Crippen LogP contribution in [0, 0.1) is 12.8 Å². The number of carboxylic acids is 1. The molecule has 110 valence electrons. The predicted molar refractivity (Wildman–Crippen MR) is 79.1 cm³/mol. The molecule has 20 heavy (non-hydrogen) atoms. The molecular formula is C13H20N4O2S. The van der Waals surface area contributed by atoms with Crippen LogP contribution in [0.5, 0.6) is 0 Å². The van der Waals surface area contributed by atoms with Gasteiger partial charge in [0.15, 0.2) is 10.8 Å². The van der Waals surface area contributed by atoms with E-state index in [2.05, 4.69) is 28.5 Å². The number of aromatic nitrogens is 4. The van der Waals surface area contributed by atoms with Crippen molar-refractivity contribution < 1.29 is 9.90 Å². The van der Waals surface area contributed by atoms with Gasteiger partial charge in [0.05, 0.1) is 11.4 Å². The zero-order valence-corrected chi connectivity index (χ0v) is 13.1. The standard InChI is InChI=1S/C13H20N4O2S/c1-5-8(2)6-17-12-11(9(3)15-16(12)4)14-13(17)20-7-10(18)19/h8H,5-7H2,1-4H3,(H,18,19). The Labute approximate surface area is 122 Å². The van der Waals surface area contributed by atoms with Gasteiger partial charge < -0.3 is 9.67 Å². The molecule has 2 aromatic rings. The van der Waals surface area contributed by atoms with Crippen LogP contribution in [0.15, 0.2) is 5.16 Å². The summed E-state index contributed by atoms with van der Waals surface area (Å²) in [6.45, 7) is 7.08. The van der Waals surface area contributed by atoms with E-state index in [4.69, 9.17) is 5.11 Å². The third-order valence-electron chi connectivity index (χ3n) is 3.37. The number of hydrogen-bond acceptors (Lipinski definition) is 4. The van der Waals surface area contributed by atoms with Crippen LogP contribution in [0.4, 0.5) is 0 Å². The lowest BCUT2D eigenvalue weighted by Gasteiger charge is -2.13. The maximum Gasteiger partial charge on any atom is 0.313 e. The number of thioether (sulfide) groups is 1. The lowest BCUT2D eigenvalue weighted by molar-refractivity contribution is -0.133. The number of rotatable bonds is 6. The second-order valence-corrected chi connectivity index (χ2v) is 6.02. The summed E-state index contributed by atoms with van der Waals surface area (Å²) in [6.07, 6.45) is 1.07. The molecule has 0 aliphatic rings. The maximum atomic E-state index is 10.8. The van der Waals surface area contributed by atoms with Crippen molar-refractivity contribution in [3.8, 4) is 0 Å². The highest BCUT2D eigenvalue weighted by molar-refractivity contribution is 7.99. The molecule has 1 atom stereocenters. The molecule has 0 saturated carbocycles. The summed E-state index contributed by atoms with van der Waals surface area (Å²) in [5.41, 5.74) is 2.71. The average Bonchev–Trinajstić information content (AvgIpc) is 2.87. The molecule has 2 rings (SSSR count). The first-order valence-electron chi connectivity index (χ1n) is 6.68. The minimum atomic E-state index is -0.827. The van der Waals surface area contributed by atoms with Crippen molar-refractivity contribution in [3.05, 3.63) is 5.69 Å². The fourth-order valence-corrected chi connectivity index (χ4v) is 2.88. The molecular weight excluding hydrogens is 276 g/mol. The first-order chi connectivity index (χ1) is 9.43. The molecule has 2 aromatic heterocycles. The van der Waals surface area contributed by atoms with Crippen LogP contribution in [0.1, 0.15) is 26.0 Å². The second-order valence-electron chi connectivity index (χ2n) is 5.08. The van der Waals surface area contributed by atoms with E-state index in [1.807, 2.05) is 18.7 Å². The summed E-state index contributed by atoms with van der Waals surface area (Å²) in [5.74, 6) is -0.296. The first kappa shape index (κ1) is 14.9. The van der Waals surface area contributed by atoms with E-state index in [9.17, 15) is 4.79 Å². The van der Waals surface area contributed by atoms with Crippen LogP contribution in [-0.2, 0) is 18.4 Å². The van der Waals surface area contributed by atoms with Crippen molar-refractivity contribution in [2.24, 2.45) is 13.0 Å². The van der Waals surface area contributed by atoms with Crippen LogP contribution in [0.3, 0.4) is 0 Å². The molecule has 0 amide bonds. The number of fused-ring (bicyclic) bond motifs is 1. The molecule has 7 heteroatoms. The lowest BCUT2D eigenvalue weighted by atomic mass is 10.1. The third-order valence-corrected chi connectivity index (χ3v) is 4.33. The summed E-state index contributed by atoms with van der Waals surface area (Å²) >= 11 is 1.27. The van der Waals surface area contributed by atoms with E-state index >= 15 is 0 Å². The van der Waals surface area contributed by atoms with Crippen LogP contribution >= 0.6 is 11.8 Å². The highest BCUT2D eigenvalue weighted by atomic mass is 32.2. The van der Waals surface area contributed by atoms with Crippen molar-refractivity contribution in [1.82, 2.24) is 19.3 Å². The van der Waals surface area contributed by atoms with Gasteiger partial charge in [0, 0.05) is 13.6 Å². The SMILES string of the molecule is CCC(C)Cn1c(SCC(=O)O)nc2c(C)nn(C)c21. The zero-order chi connectivity index (χ0) is 14.9. The van der Waals surface area contributed by atoms with Gasteiger partial charge in [-0.3, -0.25) is 9.48 Å². The van der Waals surface area contributed by atoms with Gasteiger partial charge in [-0.15, -0.1) is 0 Å². The molecule has 1 unspecified atom stereocenters. The van der Waals surface area contributed by atoms with Gasteiger partial charge in [0.2, 0.25) is 0 Å². The molecule has 0 saturated heterocycles. The Hall–Kier alpha value is -1.50. The number of aliphatic carboxylic acids is 1. The van der Waals surface area contributed by atoms with E-state index < -0.39 is 5.97 Å². The average molecular weight is 296 g/mol. The molecule has 0 spiro atoms. The topological polar surface area (TPSA) is 72.9 Å². The molecule has 6 nitrogen and oxygen atoms in total. The smallest absolute Gasteiger partial charge is 0.313 e. The Kier molecular flexibility index (Phi) is 4.37. The molecule has 0 aliphatic carbocycles. The Morgan fingerprint density at radius 1 is 1.50 bits per heavy atom. The van der Waals surface area contributed by atoms with Gasteiger partial charge in [0.1, 0.15) is 5.52 Å². The predicted octanol–water partition coefficient (Wildman–Crippen LogP) is 2.30. The Balaban J connectivity index is 2.46. The summed E-state index contributed by atoms with van der Waals surface area (Å²) < 4.78 is 3.92. The van der Waals surface area contributed by atoms with Gasteiger partial charge in [-0.25, -0.2) is 4.98 Å². The molecule has 0 radical (unpaired) electrons. The number of aryl methyl sites for hydroxylation is 2. The third kappa shape index (κ3) is 2.82. The van der Waals surface area contributed by atoms with E-state index in [1.165, 1.54) is 11.8 Å². The van der Waals surface area contributed by atoms with E-state index in [0.717, 1.165) is 35.0 Å². The number of imidazole rings is 1. The zero-order valence-electron chi connectivity index (χ0n) is 12.3. The monoisotopic (exact) mass is 296 g/mol. The van der Waals surface area contributed by atoms with Crippen molar-refractivity contribution in [1.29, 1.82) is 0 Å². The minimum absolute atomic E-state index is 0.0241. The highest BCUT2D eigenvalue weighted by Crippen LogP contribution is 2.27. The van der Waals surface area contributed by atoms with Crippen LogP contribution < -0.4 is 0 Å². The molecule has 0 aliphatic heterocycles. The normalized spacial score (nSPS) is 13.0. The fraction of sp³-hybridized carbons (Fsp3) is 0.615. The molecule has 1 N–H and O–H groups in total. The Morgan fingerprint density at radius 3 is 2.80 bits per heavy atom. The highest BCUT2D eigenvalue weighted by Gasteiger charge is 2.19. The van der Waals surface area contributed by atoms with Crippen molar-refractivity contribution in [2.45, 2.75) is 38.9 Å². The van der Waals surface area contributed by atoms with Crippen molar-refractivity contribution in [3.63, 3.8) is 0 Å². The molecule has 0 bridgehead atoms. The first-order valence-corrected chi connectivity index (χ1v) is 7.67. The summed E-state index contributed by atoms with van der Waals surface area (Å²) in [6, 6.07) is 0. The second kappa shape index (κ2) is 5.87. The maximum absolute atomic E-state index is 10.8.